The van der Waals surface area contributed by atoms with Gasteiger partial charge in [0.25, 0.3) is 6.43 Å². The third-order valence-electron chi connectivity index (χ3n) is 4.00. The van der Waals surface area contributed by atoms with E-state index in [1.807, 2.05) is 6.92 Å². The molecule has 0 aliphatic heterocycles. The summed E-state index contributed by atoms with van der Waals surface area (Å²) in [7, 11) is 0. The van der Waals surface area contributed by atoms with E-state index in [9.17, 15) is 13.6 Å². The maximum absolute atomic E-state index is 13.0. The number of benzene rings is 1. The first-order chi connectivity index (χ1) is 13.0. The van der Waals surface area contributed by atoms with E-state index in [0.29, 0.717) is 11.3 Å². The fourth-order valence-electron chi connectivity index (χ4n) is 2.85. The van der Waals surface area contributed by atoms with Crippen molar-refractivity contribution in [2.75, 3.05) is 0 Å². The first-order valence-corrected chi connectivity index (χ1v) is 8.30. The van der Waals surface area contributed by atoms with Crippen LogP contribution in [-0.4, -0.2) is 19.8 Å². The summed E-state index contributed by atoms with van der Waals surface area (Å²) in [5, 5.41) is 11.9. The number of hydrogen-bond acceptors (Lipinski definition) is 6. The Hall–Kier alpha value is -3.36. The van der Waals surface area contributed by atoms with Crippen molar-refractivity contribution in [2.24, 2.45) is 0 Å². The van der Waals surface area contributed by atoms with Gasteiger partial charge < -0.3 is 9.15 Å². The van der Waals surface area contributed by atoms with E-state index in [1.165, 1.54) is 18.2 Å². The van der Waals surface area contributed by atoms with Crippen LogP contribution in [0.25, 0.3) is 16.6 Å². The van der Waals surface area contributed by atoms with Crippen LogP contribution in [0.3, 0.4) is 0 Å². The second kappa shape index (κ2) is 6.75. The Morgan fingerprint density at radius 3 is 2.81 bits per heavy atom. The monoisotopic (exact) mass is 372 g/mol. The van der Waals surface area contributed by atoms with Gasteiger partial charge in [-0.3, -0.25) is 0 Å². The van der Waals surface area contributed by atoms with Crippen molar-refractivity contribution in [3.8, 4) is 11.6 Å². The molecule has 0 radical (unpaired) electrons. The number of alkyl halides is 2. The summed E-state index contributed by atoms with van der Waals surface area (Å²) < 4.78 is 37.7. The van der Waals surface area contributed by atoms with E-state index in [2.05, 4.69) is 15.3 Å². The van der Waals surface area contributed by atoms with Gasteiger partial charge in [-0.05, 0) is 30.2 Å². The summed E-state index contributed by atoms with van der Waals surface area (Å²) in [4.78, 5) is 11.8. The van der Waals surface area contributed by atoms with Crippen LogP contribution in [0, 0.1) is 0 Å². The Bertz CT molecular complexity index is 1190. The lowest BCUT2D eigenvalue weighted by molar-refractivity contribution is 0.137. The van der Waals surface area contributed by atoms with Crippen LogP contribution in [0.4, 0.5) is 8.78 Å². The summed E-state index contributed by atoms with van der Waals surface area (Å²) >= 11 is 0. The molecule has 1 aromatic carbocycles. The SMILES string of the molecule is CCCc1cc(=O)oc2cc(Oc3ccc4nnc(C(F)F)n4n3)ccc12. The summed E-state index contributed by atoms with van der Waals surface area (Å²) in [6, 6.07) is 9.52. The number of ether oxygens (including phenoxy) is 1. The molecule has 9 heteroatoms. The number of aromatic nitrogens is 4. The van der Waals surface area contributed by atoms with Crippen LogP contribution >= 0.6 is 0 Å². The lowest BCUT2D eigenvalue weighted by Gasteiger charge is -2.08. The summed E-state index contributed by atoms with van der Waals surface area (Å²) in [6.45, 7) is 2.03. The van der Waals surface area contributed by atoms with Crippen LogP contribution in [0.15, 0.2) is 45.6 Å². The highest BCUT2D eigenvalue weighted by molar-refractivity contribution is 5.81. The van der Waals surface area contributed by atoms with Crippen molar-refractivity contribution in [3.05, 3.63) is 58.2 Å². The van der Waals surface area contributed by atoms with Gasteiger partial charge in [0.15, 0.2) is 5.65 Å². The molecule has 0 saturated carbocycles. The Morgan fingerprint density at radius 2 is 2.04 bits per heavy atom. The van der Waals surface area contributed by atoms with Crippen molar-refractivity contribution >= 4 is 16.6 Å². The minimum absolute atomic E-state index is 0.0793. The molecule has 0 aliphatic rings. The lowest BCUT2D eigenvalue weighted by atomic mass is 10.1. The summed E-state index contributed by atoms with van der Waals surface area (Å²) in [5.41, 5.74) is 1.04. The van der Waals surface area contributed by atoms with Crippen LogP contribution in [0.2, 0.25) is 0 Å². The van der Waals surface area contributed by atoms with Crippen molar-refractivity contribution in [2.45, 2.75) is 26.2 Å². The lowest BCUT2D eigenvalue weighted by Crippen LogP contribution is -2.02. The van der Waals surface area contributed by atoms with Crippen molar-refractivity contribution < 1.29 is 17.9 Å². The standard InChI is InChI=1S/C18H14F2N4O3/c1-2-3-10-8-16(25)27-13-9-11(4-5-12(10)13)26-15-7-6-14-21-22-18(17(19)20)24(14)23-15/h4-9,17H,2-3H2,1H3. The Balaban J connectivity index is 1.72. The Morgan fingerprint density at radius 1 is 1.19 bits per heavy atom. The van der Waals surface area contributed by atoms with Gasteiger partial charge in [0.1, 0.15) is 11.3 Å². The largest absolute Gasteiger partial charge is 0.437 e. The van der Waals surface area contributed by atoms with Crippen molar-refractivity contribution in [1.29, 1.82) is 0 Å². The first-order valence-electron chi connectivity index (χ1n) is 8.30. The second-order valence-corrected chi connectivity index (χ2v) is 5.90. The molecule has 0 spiro atoms. The molecule has 0 atom stereocenters. The van der Waals surface area contributed by atoms with Gasteiger partial charge >= 0.3 is 5.63 Å². The van der Waals surface area contributed by atoms with Crippen LogP contribution in [-0.2, 0) is 6.42 Å². The van der Waals surface area contributed by atoms with Gasteiger partial charge in [0.2, 0.25) is 11.7 Å². The molecule has 138 valence electrons. The average molecular weight is 372 g/mol. The Kier molecular flexibility index (Phi) is 4.27. The van der Waals surface area contributed by atoms with E-state index in [-0.39, 0.29) is 11.5 Å². The molecular formula is C18H14F2N4O3. The molecule has 0 aliphatic carbocycles. The maximum Gasteiger partial charge on any atom is 0.336 e. The fourth-order valence-corrected chi connectivity index (χ4v) is 2.85. The molecular weight excluding hydrogens is 358 g/mol. The van der Waals surface area contributed by atoms with E-state index < -0.39 is 17.9 Å². The predicted octanol–water partition coefficient (Wildman–Crippen LogP) is 3.91. The van der Waals surface area contributed by atoms with Crippen LogP contribution < -0.4 is 10.4 Å². The minimum Gasteiger partial charge on any atom is -0.437 e. The molecule has 0 bridgehead atoms. The number of hydrogen-bond donors (Lipinski definition) is 0. The molecule has 0 fully saturated rings. The van der Waals surface area contributed by atoms with Gasteiger partial charge in [-0.2, -0.15) is 4.52 Å². The minimum atomic E-state index is -2.81. The normalized spacial score (nSPS) is 11.6. The predicted molar refractivity (Wildman–Crippen MR) is 92.3 cm³/mol. The second-order valence-electron chi connectivity index (χ2n) is 5.90. The van der Waals surface area contributed by atoms with Gasteiger partial charge in [-0.25, -0.2) is 13.6 Å². The fraction of sp³-hybridized carbons (Fsp3) is 0.222. The molecule has 3 aromatic heterocycles. The quantitative estimate of drug-likeness (QED) is 0.494. The van der Waals surface area contributed by atoms with Gasteiger partial charge in [0, 0.05) is 23.6 Å². The molecule has 0 unspecified atom stereocenters. The highest BCUT2D eigenvalue weighted by atomic mass is 19.3. The average Bonchev–Trinajstić information content (AvgIpc) is 3.05. The van der Waals surface area contributed by atoms with E-state index in [4.69, 9.17) is 9.15 Å². The number of rotatable bonds is 5. The zero-order chi connectivity index (χ0) is 19.0. The molecule has 0 saturated heterocycles. The third-order valence-corrected chi connectivity index (χ3v) is 4.00. The van der Waals surface area contributed by atoms with Crippen molar-refractivity contribution in [3.63, 3.8) is 0 Å². The van der Waals surface area contributed by atoms with Gasteiger partial charge in [-0.15, -0.1) is 15.3 Å². The smallest absolute Gasteiger partial charge is 0.336 e. The first kappa shape index (κ1) is 17.1. The molecule has 0 N–H and O–H groups in total. The summed E-state index contributed by atoms with van der Waals surface area (Å²) in [5.74, 6) is -0.127. The van der Waals surface area contributed by atoms with Crippen LogP contribution in [0.5, 0.6) is 11.6 Å². The van der Waals surface area contributed by atoms with E-state index in [0.717, 1.165) is 28.3 Å². The number of halogens is 2. The van der Waals surface area contributed by atoms with Gasteiger partial charge in [0.05, 0.1) is 0 Å². The topological polar surface area (TPSA) is 82.5 Å². The molecule has 7 nitrogen and oxygen atoms in total. The zero-order valence-electron chi connectivity index (χ0n) is 14.2. The van der Waals surface area contributed by atoms with Gasteiger partial charge in [-0.1, -0.05) is 13.3 Å². The molecule has 3 heterocycles. The van der Waals surface area contributed by atoms with Crippen molar-refractivity contribution in [1.82, 2.24) is 19.8 Å². The van der Waals surface area contributed by atoms with Crippen LogP contribution in [0.1, 0.15) is 31.2 Å². The zero-order valence-corrected chi connectivity index (χ0v) is 14.2. The highest BCUT2D eigenvalue weighted by Gasteiger charge is 2.17. The molecule has 0 amide bonds. The number of nitrogens with zero attached hydrogens (tertiary/aromatic N) is 4. The molecule has 4 rings (SSSR count). The Labute approximate surface area is 151 Å². The van der Waals surface area contributed by atoms with E-state index in [1.54, 1.807) is 18.2 Å². The number of fused-ring (bicyclic) bond motifs is 2. The third kappa shape index (κ3) is 3.23. The molecule has 27 heavy (non-hydrogen) atoms. The maximum atomic E-state index is 13.0. The number of aryl methyl sites for hydroxylation is 1. The highest BCUT2D eigenvalue weighted by Crippen LogP contribution is 2.27. The van der Waals surface area contributed by atoms with E-state index >= 15 is 0 Å². The summed E-state index contributed by atoms with van der Waals surface area (Å²) in [6.07, 6.45) is -1.16. The molecule has 4 aromatic rings.